The zero-order valence-electron chi connectivity index (χ0n) is 17.6. The van der Waals surface area contributed by atoms with E-state index in [1.165, 1.54) is 0 Å². The van der Waals surface area contributed by atoms with Gasteiger partial charge in [0, 0.05) is 18.3 Å². The quantitative estimate of drug-likeness (QED) is 0.462. The molecule has 0 aromatic heterocycles. The maximum absolute atomic E-state index is 9.07. The van der Waals surface area contributed by atoms with Crippen molar-refractivity contribution in [1.82, 2.24) is 10.6 Å². The minimum atomic E-state index is -1.81. The van der Waals surface area contributed by atoms with E-state index in [-0.39, 0.29) is 17.2 Å². The van der Waals surface area contributed by atoms with Crippen LogP contribution in [0.1, 0.15) is 38.3 Å². The standard InChI is InChI=1S/C20H31ClN4OSSi/c1-13-15(8-7-14(11-22)18(13)21)25-19(27)24-12-16-17(9-10-23-16)26-28(5,6)20(2,3)4/h7-8,16-17,23H,9-10,12H2,1-6H3,(H2,24,25,27)/t16-,17?/m1/s1. The lowest BCUT2D eigenvalue weighted by Crippen LogP contribution is -2.50. The molecular formula is C20H31ClN4OSSi. The Balaban J connectivity index is 1.94. The summed E-state index contributed by atoms with van der Waals surface area (Å²) in [4.78, 5) is 0. The van der Waals surface area contributed by atoms with E-state index in [0.29, 0.717) is 22.2 Å². The second-order valence-corrected chi connectivity index (χ2v) is 14.4. The molecule has 0 amide bonds. The SMILES string of the molecule is Cc1c(NC(=S)NC[C@H]2NCCC2O[Si](C)(C)C(C)(C)C)ccc(C#N)c1Cl. The molecule has 1 aliphatic heterocycles. The first-order valence-corrected chi connectivity index (χ1v) is 13.3. The molecule has 1 aliphatic rings. The summed E-state index contributed by atoms with van der Waals surface area (Å²) in [5.41, 5.74) is 2.07. The normalized spacial score (nSPS) is 19.9. The molecule has 28 heavy (non-hydrogen) atoms. The molecular weight excluding hydrogens is 408 g/mol. The molecule has 1 unspecified atom stereocenters. The van der Waals surface area contributed by atoms with Gasteiger partial charge in [0.05, 0.1) is 16.7 Å². The van der Waals surface area contributed by atoms with Crippen LogP contribution in [0.4, 0.5) is 5.69 Å². The molecule has 3 N–H and O–H groups in total. The Morgan fingerprint density at radius 2 is 2.11 bits per heavy atom. The van der Waals surface area contributed by atoms with Crippen LogP contribution in [0.25, 0.3) is 0 Å². The molecule has 2 rings (SSSR count). The molecule has 0 bridgehead atoms. The zero-order valence-corrected chi connectivity index (χ0v) is 20.1. The number of nitrogens with zero attached hydrogens (tertiary/aromatic N) is 1. The Morgan fingerprint density at radius 3 is 2.71 bits per heavy atom. The molecule has 1 saturated heterocycles. The van der Waals surface area contributed by atoms with Crippen LogP contribution in [0, 0.1) is 18.3 Å². The highest BCUT2D eigenvalue weighted by Crippen LogP contribution is 2.38. The summed E-state index contributed by atoms with van der Waals surface area (Å²) in [6.07, 6.45) is 1.21. The Bertz CT molecular complexity index is 773. The largest absolute Gasteiger partial charge is 0.412 e. The van der Waals surface area contributed by atoms with Gasteiger partial charge in [0.25, 0.3) is 0 Å². The number of nitriles is 1. The molecule has 0 radical (unpaired) electrons. The van der Waals surface area contributed by atoms with Gasteiger partial charge < -0.3 is 20.4 Å². The topological polar surface area (TPSA) is 69.1 Å². The van der Waals surface area contributed by atoms with Crippen LogP contribution in [0.15, 0.2) is 12.1 Å². The van der Waals surface area contributed by atoms with Crippen molar-refractivity contribution in [2.75, 3.05) is 18.4 Å². The van der Waals surface area contributed by atoms with Gasteiger partial charge in [-0.1, -0.05) is 32.4 Å². The number of anilines is 1. The lowest BCUT2D eigenvalue weighted by Gasteiger charge is -2.39. The smallest absolute Gasteiger partial charge is 0.192 e. The van der Waals surface area contributed by atoms with Crippen molar-refractivity contribution in [3.63, 3.8) is 0 Å². The number of benzene rings is 1. The number of hydrogen-bond acceptors (Lipinski definition) is 4. The van der Waals surface area contributed by atoms with Crippen LogP contribution in [0.2, 0.25) is 23.2 Å². The highest BCUT2D eigenvalue weighted by Gasteiger charge is 2.41. The average Bonchev–Trinajstić information content (AvgIpc) is 3.03. The number of nitrogens with one attached hydrogen (secondary N) is 3. The number of hydrogen-bond donors (Lipinski definition) is 3. The first kappa shape index (κ1) is 23.1. The Morgan fingerprint density at radius 1 is 1.43 bits per heavy atom. The molecule has 1 aromatic rings. The molecule has 0 spiro atoms. The van der Waals surface area contributed by atoms with Gasteiger partial charge >= 0.3 is 0 Å². The Kier molecular flexibility index (Phi) is 7.51. The fourth-order valence-electron chi connectivity index (χ4n) is 2.92. The van der Waals surface area contributed by atoms with Crippen LogP contribution in [0.3, 0.4) is 0 Å². The second-order valence-electron chi connectivity index (χ2n) is 8.81. The van der Waals surface area contributed by atoms with Gasteiger partial charge in [-0.05, 0) is 67.9 Å². The number of thiocarbonyl (C=S) groups is 1. The summed E-state index contributed by atoms with van der Waals surface area (Å²) in [6, 6.07) is 5.83. The summed E-state index contributed by atoms with van der Waals surface area (Å²) in [7, 11) is -1.81. The number of rotatable bonds is 5. The van der Waals surface area contributed by atoms with Crippen LogP contribution in [-0.2, 0) is 4.43 Å². The minimum absolute atomic E-state index is 0.191. The lowest BCUT2D eigenvalue weighted by molar-refractivity contribution is 0.166. The molecule has 0 aliphatic carbocycles. The predicted molar refractivity (Wildman–Crippen MR) is 124 cm³/mol. The van der Waals surface area contributed by atoms with E-state index >= 15 is 0 Å². The molecule has 5 nitrogen and oxygen atoms in total. The first-order valence-electron chi connectivity index (χ1n) is 9.61. The van der Waals surface area contributed by atoms with Crippen molar-refractivity contribution in [2.45, 2.75) is 64.4 Å². The van der Waals surface area contributed by atoms with Crippen molar-refractivity contribution in [1.29, 1.82) is 5.26 Å². The van der Waals surface area contributed by atoms with E-state index in [1.54, 1.807) is 6.07 Å². The summed E-state index contributed by atoms with van der Waals surface area (Å²) in [5, 5.41) is 20.2. The van der Waals surface area contributed by atoms with E-state index in [4.69, 9.17) is 33.5 Å². The molecule has 1 aromatic carbocycles. The van der Waals surface area contributed by atoms with Gasteiger partial charge in [0.1, 0.15) is 6.07 Å². The number of halogens is 1. The van der Waals surface area contributed by atoms with Gasteiger partial charge in [-0.3, -0.25) is 0 Å². The van der Waals surface area contributed by atoms with E-state index in [2.05, 4.69) is 55.9 Å². The summed E-state index contributed by atoms with van der Waals surface area (Å²) >= 11 is 11.7. The summed E-state index contributed by atoms with van der Waals surface area (Å²) < 4.78 is 6.61. The Hall–Kier alpha value is -1.17. The maximum atomic E-state index is 9.07. The summed E-state index contributed by atoms with van der Waals surface area (Å²) in [6.45, 7) is 14.9. The predicted octanol–water partition coefficient (Wildman–Crippen LogP) is 4.56. The third-order valence-electron chi connectivity index (χ3n) is 5.77. The highest BCUT2D eigenvalue weighted by molar-refractivity contribution is 7.80. The second kappa shape index (κ2) is 9.10. The van der Waals surface area contributed by atoms with E-state index in [0.717, 1.165) is 24.2 Å². The monoisotopic (exact) mass is 438 g/mol. The van der Waals surface area contributed by atoms with Crippen LogP contribution in [-0.4, -0.2) is 38.7 Å². The van der Waals surface area contributed by atoms with Gasteiger partial charge in [0.15, 0.2) is 13.4 Å². The lowest BCUT2D eigenvalue weighted by atomic mass is 10.1. The Labute approximate surface area is 180 Å². The fraction of sp³-hybridized carbons (Fsp3) is 0.600. The minimum Gasteiger partial charge on any atom is -0.412 e. The van der Waals surface area contributed by atoms with Crippen molar-refractivity contribution < 1.29 is 4.43 Å². The van der Waals surface area contributed by atoms with Gasteiger partial charge in [0.2, 0.25) is 0 Å². The molecule has 154 valence electrons. The zero-order chi connectivity index (χ0) is 21.1. The molecule has 8 heteroatoms. The maximum Gasteiger partial charge on any atom is 0.192 e. The first-order chi connectivity index (χ1) is 13.0. The fourth-order valence-corrected chi connectivity index (χ4v) is 4.71. The third kappa shape index (κ3) is 5.46. The van der Waals surface area contributed by atoms with Crippen LogP contribution < -0.4 is 16.0 Å². The van der Waals surface area contributed by atoms with Crippen LogP contribution >= 0.6 is 23.8 Å². The van der Waals surface area contributed by atoms with E-state index in [1.807, 2.05) is 13.0 Å². The van der Waals surface area contributed by atoms with Gasteiger partial charge in [-0.2, -0.15) is 5.26 Å². The molecule has 1 heterocycles. The molecule has 0 saturated carbocycles. The van der Waals surface area contributed by atoms with Crippen molar-refractivity contribution >= 4 is 42.9 Å². The molecule has 2 atom stereocenters. The van der Waals surface area contributed by atoms with Gasteiger partial charge in [-0.15, -0.1) is 0 Å². The highest BCUT2D eigenvalue weighted by atomic mass is 35.5. The summed E-state index contributed by atoms with van der Waals surface area (Å²) in [5.74, 6) is 0. The third-order valence-corrected chi connectivity index (χ3v) is 11.0. The van der Waals surface area contributed by atoms with Crippen molar-refractivity contribution in [3.05, 3.63) is 28.3 Å². The van der Waals surface area contributed by atoms with E-state index in [9.17, 15) is 0 Å². The molecule has 1 fully saturated rings. The average molecular weight is 439 g/mol. The van der Waals surface area contributed by atoms with E-state index < -0.39 is 8.32 Å². The van der Waals surface area contributed by atoms with Crippen molar-refractivity contribution in [2.24, 2.45) is 0 Å². The van der Waals surface area contributed by atoms with Crippen LogP contribution in [0.5, 0.6) is 0 Å². The van der Waals surface area contributed by atoms with Gasteiger partial charge in [-0.25, -0.2) is 0 Å². The van der Waals surface area contributed by atoms with Crippen molar-refractivity contribution in [3.8, 4) is 6.07 Å².